The Morgan fingerprint density at radius 3 is 2.92 bits per heavy atom. The first-order valence-electron chi connectivity index (χ1n) is 3.95. The summed E-state index contributed by atoms with van der Waals surface area (Å²) in [5.74, 6) is 0. The molecule has 0 aliphatic carbocycles. The summed E-state index contributed by atoms with van der Waals surface area (Å²) in [7, 11) is 0. The Morgan fingerprint density at radius 2 is 2.33 bits per heavy atom. The maximum Gasteiger partial charge on any atom is 0.251 e. The number of H-pyrrole nitrogens is 1. The van der Waals surface area contributed by atoms with E-state index in [1.807, 2.05) is 6.92 Å². The molecule has 3 nitrogen and oxygen atoms in total. The SMILES string of the molecule is CCCc1c(C=O)cc[nH]c1=O. The molecule has 3 heteroatoms. The molecule has 0 aliphatic rings. The molecule has 1 aromatic heterocycles. The highest BCUT2D eigenvalue weighted by molar-refractivity contribution is 5.76. The van der Waals surface area contributed by atoms with Crippen LogP contribution in [0.1, 0.15) is 29.3 Å². The Morgan fingerprint density at radius 1 is 1.58 bits per heavy atom. The fourth-order valence-electron chi connectivity index (χ4n) is 1.14. The highest BCUT2D eigenvalue weighted by atomic mass is 16.1. The Hall–Kier alpha value is -1.38. The first-order chi connectivity index (χ1) is 5.79. The van der Waals surface area contributed by atoms with Gasteiger partial charge in [-0.15, -0.1) is 0 Å². The number of aldehydes is 1. The van der Waals surface area contributed by atoms with Crippen molar-refractivity contribution in [3.63, 3.8) is 0 Å². The smallest absolute Gasteiger partial charge is 0.251 e. The molecule has 64 valence electrons. The summed E-state index contributed by atoms with van der Waals surface area (Å²) in [5.41, 5.74) is 0.942. The number of carbonyl (C=O) groups is 1. The van der Waals surface area contributed by atoms with E-state index >= 15 is 0 Å². The Bertz CT molecular complexity index is 328. The lowest BCUT2D eigenvalue weighted by Gasteiger charge is -1.99. The van der Waals surface area contributed by atoms with Crippen LogP contribution in [0.4, 0.5) is 0 Å². The van der Waals surface area contributed by atoms with Gasteiger partial charge in [-0.25, -0.2) is 0 Å². The average Bonchev–Trinajstić information content (AvgIpc) is 2.09. The maximum atomic E-state index is 11.2. The highest BCUT2D eigenvalue weighted by Crippen LogP contribution is 2.01. The molecule has 1 aromatic rings. The number of pyridine rings is 1. The van der Waals surface area contributed by atoms with E-state index in [-0.39, 0.29) is 5.56 Å². The number of rotatable bonds is 3. The van der Waals surface area contributed by atoms with Gasteiger partial charge in [0.15, 0.2) is 6.29 Å². The summed E-state index contributed by atoms with van der Waals surface area (Å²) in [5, 5.41) is 0. The molecule has 0 aliphatic heterocycles. The van der Waals surface area contributed by atoms with E-state index in [0.29, 0.717) is 17.5 Å². The van der Waals surface area contributed by atoms with Crippen molar-refractivity contribution in [3.8, 4) is 0 Å². The molecule has 1 rings (SSSR count). The number of aromatic amines is 1. The van der Waals surface area contributed by atoms with Crippen LogP contribution in [0.2, 0.25) is 0 Å². The van der Waals surface area contributed by atoms with Gasteiger partial charge in [0.2, 0.25) is 0 Å². The Labute approximate surface area is 70.4 Å². The number of hydrogen-bond acceptors (Lipinski definition) is 2. The molecule has 0 amide bonds. The molecular weight excluding hydrogens is 154 g/mol. The summed E-state index contributed by atoms with van der Waals surface area (Å²) in [6.45, 7) is 1.97. The first-order valence-corrected chi connectivity index (χ1v) is 3.95. The zero-order valence-electron chi connectivity index (χ0n) is 6.96. The molecule has 1 heterocycles. The fraction of sp³-hybridized carbons (Fsp3) is 0.333. The second kappa shape index (κ2) is 3.85. The molecule has 0 saturated heterocycles. The molecule has 0 spiro atoms. The molecule has 0 atom stereocenters. The van der Waals surface area contributed by atoms with Crippen LogP contribution in [0.3, 0.4) is 0 Å². The Balaban J connectivity index is 3.19. The normalized spacial score (nSPS) is 9.75. The third-order valence-electron chi connectivity index (χ3n) is 1.73. The van der Waals surface area contributed by atoms with E-state index in [4.69, 9.17) is 0 Å². The van der Waals surface area contributed by atoms with E-state index in [0.717, 1.165) is 12.7 Å². The first kappa shape index (κ1) is 8.71. The van der Waals surface area contributed by atoms with Crippen LogP contribution in [0, 0.1) is 0 Å². The second-order valence-corrected chi connectivity index (χ2v) is 2.61. The van der Waals surface area contributed by atoms with E-state index < -0.39 is 0 Å². The summed E-state index contributed by atoms with van der Waals surface area (Å²) < 4.78 is 0. The molecule has 0 fully saturated rings. The largest absolute Gasteiger partial charge is 0.329 e. The average molecular weight is 165 g/mol. The summed E-state index contributed by atoms with van der Waals surface area (Å²) in [4.78, 5) is 24.2. The van der Waals surface area contributed by atoms with Crippen molar-refractivity contribution >= 4 is 6.29 Å². The van der Waals surface area contributed by atoms with Gasteiger partial charge < -0.3 is 4.98 Å². The van der Waals surface area contributed by atoms with Gasteiger partial charge in [0.1, 0.15) is 0 Å². The number of hydrogen-bond donors (Lipinski definition) is 1. The van der Waals surface area contributed by atoms with Gasteiger partial charge in [-0.05, 0) is 12.5 Å². The zero-order valence-corrected chi connectivity index (χ0v) is 6.96. The topological polar surface area (TPSA) is 49.9 Å². The molecule has 12 heavy (non-hydrogen) atoms. The lowest BCUT2D eigenvalue weighted by Crippen LogP contribution is -2.14. The van der Waals surface area contributed by atoms with Crippen molar-refractivity contribution in [1.29, 1.82) is 0 Å². The van der Waals surface area contributed by atoms with Gasteiger partial charge >= 0.3 is 0 Å². The fourth-order valence-corrected chi connectivity index (χ4v) is 1.14. The number of carbonyl (C=O) groups excluding carboxylic acids is 1. The van der Waals surface area contributed by atoms with Gasteiger partial charge in [-0.1, -0.05) is 13.3 Å². The summed E-state index contributed by atoms with van der Waals surface area (Å²) in [6, 6.07) is 1.62. The van der Waals surface area contributed by atoms with Crippen LogP contribution in [0.5, 0.6) is 0 Å². The van der Waals surface area contributed by atoms with Crippen molar-refractivity contribution in [3.05, 3.63) is 33.7 Å². The molecule has 0 saturated carbocycles. The zero-order chi connectivity index (χ0) is 8.97. The predicted molar refractivity (Wildman–Crippen MR) is 46.4 cm³/mol. The quantitative estimate of drug-likeness (QED) is 0.683. The van der Waals surface area contributed by atoms with Gasteiger partial charge in [-0.2, -0.15) is 0 Å². The van der Waals surface area contributed by atoms with Crippen molar-refractivity contribution < 1.29 is 4.79 Å². The standard InChI is InChI=1S/C9H11NO2/c1-2-3-8-7(6-11)4-5-10-9(8)12/h4-6H,2-3H2,1H3,(H,10,12). The lowest BCUT2D eigenvalue weighted by molar-refractivity contribution is 0.112. The van der Waals surface area contributed by atoms with Crippen LogP contribution >= 0.6 is 0 Å². The van der Waals surface area contributed by atoms with Crippen LogP contribution in [0.25, 0.3) is 0 Å². The molecular formula is C9H11NO2. The Kier molecular flexibility index (Phi) is 2.80. The van der Waals surface area contributed by atoms with Gasteiger partial charge in [0, 0.05) is 17.3 Å². The van der Waals surface area contributed by atoms with Gasteiger partial charge in [0.05, 0.1) is 0 Å². The predicted octanol–water partition coefficient (Wildman–Crippen LogP) is 1.14. The van der Waals surface area contributed by atoms with E-state index in [1.54, 1.807) is 6.07 Å². The lowest BCUT2D eigenvalue weighted by atomic mass is 10.1. The molecule has 0 aromatic carbocycles. The van der Waals surface area contributed by atoms with Crippen LogP contribution in [-0.4, -0.2) is 11.3 Å². The van der Waals surface area contributed by atoms with Crippen LogP contribution in [-0.2, 0) is 6.42 Å². The minimum atomic E-state index is -0.151. The summed E-state index contributed by atoms with van der Waals surface area (Å²) in [6.07, 6.45) is 3.74. The maximum absolute atomic E-state index is 11.2. The molecule has 0 unspecified atom stereocenters. The van der Waals surface area contributed by atoms with Crippen molar-refractivity contribution in [2.45, 2.75) is 19.8 Å². The number of aromatic nitrogens is 1. The second-order valence-electron chi connectivity index (χ2n) is 2.61. The minimum absolute atomic E-state index is 0.151. The van der Waals surface area contributed by atoms with Crippen molar-refractivity contribution in [1.82, 2.24) is 4.98 Å². The van der Waals surface area contributed by atoms with Gasteiger partial charge in [-0.3, -0.25) is 9.59 Å². The third kappa shape index (κ3) is 1.61. The molecule has 0 bridgehead atoms. The molecule has 1 N–H and O–H groups in total. The van der Waals surface area contributed by atoms with Crippen molar-refractivity contribution in [2.75, 3.05) is 0 Å². The molecule has 0 radical (unpaired) electrons. The van der Waals surface area contributed by atoms with Crippen molar-refractivity contribution in [2.24, 2.45) is 0 Å². The van der Waals surface area contributed by atoms with E-state index in [9.17, 15) is 9.59 Å². The number of nitrogens with one attached hydrogen (secondary N) is 1. The van der Waals surface area contributed by atoms with Gasteiger partial charge in [0.25, 0.3) is 5.56 Å². The monoisotopic (exact) mass is 165 g/mol. The third-order valence-corrected chi connectivity index (χ3v) is 1.73. The minimum Gasteiger partial charge on any atom is -0.329 e. The van der Waals surface area contributed by atoms with E-state index in [2.05, 4.69) is 4.98 Å². The van der Waals surface area contributed by atoms with Crippen LogP contribution in [0.15, 0.2) is 17.1 Å². The van der Waals surface area contributed by atoms with Crippen LogP contribution < -0.4 is 5.56 Å². The summed E-state index contributed by atoms with van der Waals surface area (Å²) >= 11 is 0. The van der Waals surface area contributed by atoms with E-state index in [1.165, 1.54) is 6.20 Å². The highest BCUT2D eigenvalue weighted by Gasteiger charge is 2.03.